The number of benzene rings is 2. The lowest BCUT2D eigenvalue weighted by Crippen LogP contribution is -2.59. The molecule has 4 saturated heterocycles. The van der Waals surface area contributed by atoms with Crippen LogP contribution >= 0.6 is 46.4 Å². The first-order chi connectivity index (χ1) is 38.0. The summed E-state index contributed by atoms with van der Waals surface area (Å²) in [4.78, 5) is 49.6. The van der Waals surface area contributed by atoms with Crippen LogP contribution in [0.1, 0.15) is 0 Å². The van der Waals surface area contributed by atoms with Crippen LogP contribution in [0.3, 0.4) is 0 Å². The number of rotatable bonds is 20. The Balaban J connectivity index is 0.884. The molecule has 4 aromatic heterocycles. The Hall–Kier alpha value is -6.72. The summed E-state index contributed by atoms with van der Waals surface area (Å²) in [7, 11) is 6.48. The van der Waals surface area contributed by atoms with Crippen LogP contribution in [0.25, 0.3) is 44.1 Å². The third kappa shape index (κ3) is 11.4. The zero-order valence-corrected chi connectivity index (χ0v) is 46.3. The van der Waals surface area contributed by atoms with Crippen LogP contribution in [0.2, 0.25) is 20.1 Å². The van der Waals surface area contributed by atoms with E-state index < -0.39 is 19.0 Å². The molecule has 0 unspecified atom stereocenters. The number of fused-ring (bicyclic) bond motifs is 2. The number of hydrogen-bond donors (Lipinski definition) is 4. The van der Waals surface area contributed by atoms with Crippen LogP contribution in [-0.4, -0.2) is 167 Å². The Kier molecular flexibility index (Phi) is 16.3. The van der Waals surface area contributed by atoms with Gasteiger partial charge in [-0.15, -0.1) is 0 Å². The fourth-order valence-electron chi connectivity index (χ4n) is 9.92. The molecule has 25 heteroatoms. The summed E-state index contributed by atoms with van der Waals surface area (Å²) >= 11 is 28.1. The number of nitrogens with one attached hydrogen (secondary N) is 4. The van der Waals surface area contributed by atoms with Gasteiger partial charge in [-0.3, -0.25) is 14.5 Å². The second-order valence-corrected chi connectivity index (χ2v) is 20.9. The number of pyridine rings is 4. The van der Waals surface area contributed by atoms with E-state index in [1.54, 1.807) is 36.7 Å². The topological polar surface area (TPSA) is 199 Å². The molecule has 79 heavy (non-hydrogen) atoms. The fourth-order valence-corrected chi connectivity index (χ4v) is 11.3. The molecule has 0 bridgehead atoms. The van der Waals surface area contributed by atoms with Gasteiger partial charge in [-0.05, 0) is 43.5 Å². The molecule has 4 fully saturated rings. The van der Waals surface area contributed by atoms with E-state index in [2.05, 4.69) is 49.2 Å². The van der Waals surface area contributed by atoms with Crippen LogP contribution in [0.5, 0.6) is 23.0 Å². The van der Waals surface area contributed by atoms with Crippen LogP contribution in [0, 0.1) is 0 Å². The largest absolute Gasteiger partial charge is 0.495 e. The van der Waals surface area contributed by atoms with Gasteiger partial charge in [0.15, 0.2) is 0 Å². The molecule has 416 valence electrons. The smallest absolute Gasteiger partial charge is 0.282 e. The van der Waals surface area contributed by atoms with Crippen molar-refractivity contribution in [1.82, 2.24) is 35.5 Å². The molecular formula is C54H55Cl4F2N11O8. The van der Waals surface area contributed by atoms with Gasteiger partial charge in [0.2, 0.25) is 11.8 Å². The van der Waals surface area contributed by atoms with Crippen molar-refractivity contribution in [2.75, 3.05) is 115 Å². The Morgan fingerprint density at radius 1 is 0.684 bits per heavy atom. The molecule has 4 aliphatic heterocycles. The zero-order chi connectivity index (χ0) is 55.9. The summed E-state index contributed by atoms with van der Waals surface area (Å²) < 4.78 is 63.6. The van der Waals surface area contributed by atoms with Crippen LogP contribution in [-0.2, 0) is 19.1 Å². The summed E-state index contributed by atoms with van der Waals surface area (Å²) in [6.45, 7) is 9.10. The maximum Gasteiger partial charge on any atom is 0.282 e. The minimum atomic E-state index is -2.91. The Bertz CT molecular complexity index is 3340. The molecule has 0 saturated carbocycles. The average Bonchev–Trinajstić information content (AvgIpc) is 4.14. The number of likely N-dealkylation sites (N-methyl/N-ethyl adjacent to an activating group) is 1. The average molecular weight is 1170 g/mol. The molecule has 19 nitrogen and oxygen atoms in total. The van der Waals surface area contributed by atoms with E-state index >= 15 is 0 Å². The number of carbonyl (C=O) groups excluding carboxylic acids is 2. The molecule has 4 N–H and O–H groups in total. The van der Waals surface area contributed by atoms with E-state index in [4.69, 9.17) is 89.8 Å². The highest BCUT2D eigenvalue weighted by atomic mass is 35.5. The Morgan fingerprint density at radius 2 is 1.11 bits per heavy atom. The van der Waals surface area contributed by atoms with Gasteiger partial charge in [-0.2, -0.15) is 0 Å². The number of halogens is 6. The van der Waals surface area contributed by atoms with E-state index in [-0.39, 0.29) is 104 Å². The number of ether oxygens (including phenoxy) is 6. The van der Waals surface area contributed by atoms with Crippen molar-refractivity contribution in [3.8, 4) is 45.5 Å². The number of anilines is 4. The number of nitrogens with zero attached hydrogens (tertiary/aromatic N) is 7. The highest BCUT2D eigenvalue weighted by Gasteiger charge is 2.45. The molecule has 0 aliphatic carbocycles. The standard InChI is InChI=1S/C54H55Cl4F2N11O8/c1-7-44(72)65-36-23-77-21-34(36)63-42-13-30-27(17-61-42)11-32(46-48(55)38(74-4)15-39(75-5)49(46)56)67-52(30)70-19-29(20-70)69(3)9-10-79-41-16-40(76-6)50(57)47(51(41)58)33-12-28-18-62-43(64-35-22-78-24-37(35)66-45(73)8-2)14-31(28)53(68-33)71-25-54(59,60)26-71/h7-8,11-18,29,34-37H,1-2,9-10,19-26H2,3-6H3,(H,61,63)(H,62,64)(H,65,72)(H,66,73)/t34-,35-,36+,37+/m1/s1. The van der Waals surface area contributed by atoms with Crippen molar-refractivity contribution in [1.29, 1.82) is 0 Å². The molecule has 6 aromatic rings. The number of methoxy groups -OCH3 is 3. The molecule has 2 aromatic carbocycles. The Morgan fingerprint density at radius 3 is 1.56 bits per heavy atom. The van der Waals surface area contributed by atoms with Gasteiger partial charge in [-0.25, -0.2) is 28.7 Å². The first-order valence-electron chi connectivity index (χ1n) is 25.0. The van der Waals surface area contributed by atoms with Gasteiger partial charge in [0.1, 0.15) is 52.9 Å². The second-order valence-electron chi connectivity index (χ2n) is 19.4. The SMILES string of the molecule is C=CC(=O)N[C@H]1COC[C@H]1Nc1cc2c(N3CC(N(C)CCOc4cc(OC)c(Cl)c(-c5cc6cnc(N[C@@H]7COC[C@@H]7NC(=O)C=C)cc6c(N6CC(F)(F)C6)n5)c4Cl)C3)nc(-c3c(Cl)c(OC)cc(OC)c3Cl)cc2cn1. The second kappa shape index (κ2) is 23.2. The number of carbonyl (C=O) groups is 2. The number of alkyl halides is 2. The quantitative estimate of drug-likeness (QED) is 0.0534. The van der Waals surface area contributed by atoms with Crippen LogP contribution in [0.4, 0.5) is 32.1 Å². The molecule has 0 radical (unpaired) electrons. The third-order valence-electron chi connectivity index (χ3n) is 14.3. The van der Waals surface area contributed by atoms with Crippen molar-refractivity contribution in [3.63, 3.8) is 0 Å². The van der Waals surface area contributed by atoms with Crippen molar-refractivity contribution in [3.05, 3.63) is 94.2 Å². The zero-order valence-electron chi connectivity index (χ0n) is 43.3. The predicted octanol–water partition coefficient (Wildman–Crippen LogP) is 8.16. The summed E-state index contributed by atoms with van der Waals surface area (Å²) in [6, 6.07) is 9.29. The summed E-state index contributed by atoms with van der Waals surface area (Å²) in [5, 5.41) is 16.0. The van der Waals surface area contributed by atoms with Crippen molar-refractivity contribution >= 4 is 103 Å². The van der Waals surface area contributed by atoms with Crippen molar-refractivity contribution < 1.29 is 46.8 Å². The summed E-state index contributed by atoms with van der Waals surface area (Å²) in [5.74, 6) is -0.386. The lowest BCUT2D eigenvalue weighted by atomic mass is 10.0. The van der Waals surface area contributed by atoms with E-state index in [1.807, 2.05) is 19.2 Å². The van der Waals surface area contributed by atoms with E-state index in [9.17, 15) is 18.4 Å². The van der Waals surface area contributed by atoms with Crippen molar-refractivity contribution in [2.24, 2.45) is 0 Å². The molecule has 2 amide bonds. The third-order valence-corrected chi connectivity index (χ3v) is 15.8. The van der Waals surface area contributed by atoms with E-state index in [1.165, 1.54) is 38.4 Å². The normalized spacial score (nSPS) is 19.7. The number of aromatic nitrogens is 4. The van der Waals surface area contributed by atoms with E-state index in [0.717, 1.165) is 10.8 Å². The highest BCUT2D eigenvalue weighted by molar-refractivity contribution is 6.42. The molecular weight excluding hydrogens is 1110 g/mol. The van der Waals surface area contributed by atoms with Gasteiger partial charge >= 0.3 is 0 Å². The monoisotopic (exact) mass is 1160 g/mol. The molecule has 4 atom stereocenters. The number of hydrogen-bond acceptors (Lipinski definition) is 17. The molecule has 4 aliphatic rings. The first-order valence-corrected chi connectivity index (χ1v) is 26.5. The van der Waals surface area contributed by atoms with E-state index in [0.29, 0.717) is 90.4 Å². The van der Waals surface area contributed by atoms with Crippen LogP contribution < -0.4 is 50.0 Å². The first kappa shape index (κ1) is 55.6. The van der Waals surface area contributed by atoms with Crippen LogP contribution in [0.15, 0.2) is 74.1 Å². The van der Waals surface area contributed by atoms with Gasteiger partial charge in [0.25, 0.3) is 5.92 Å². The summed E-state index contributed by atoms with van der Waals surface area (Å²) in [6.07, 6.45) is 5.76. The lowest BCUT2D eigenvalue weighted by molar-refractivity contribution is -0.118. The van der Waals surface area contributed by atoms with Gasteiger partial charge in [0.05, 0.1) is 116 Å². The van der Waals surface area contributed by atoms with Crippen molar-refractivity contribution in [2.45, 2.75) is 36.1 Å². The van der Waals surface area contributed by atoms with Gasteiger partial charge in [0, 0.05) is 82.9 Å². The molecule has 8 heterocycles. The maximum atomic E-state index is 14.5. The molecule has 0 spiro atoms. The number of amides is 2. The summed E-state index contributed by atoms with van der Waals surface area (Å²) in [5.41, 5.74) is 1.48. The minimum absolute atomic E-state index is 0.0627. The molecule has 10 rings (SSSR count). The minimum Gasteiger partial charge on any atom is -0.495 e. The Labute approximate surface area is 473 Å². The lowest BCUT2D eigenvalue weighted by Gasteiger charge is -2.45. The van der Waals surface area contributed by atoms with Gasteiger partial charge < -0.3 is 59.5 Å². The highest BCUT2D eigenvalue weighted by Crippen LogP contribution is 2.49. The van der Waals surface area contributed by atoms with Gasteiger partial charge in [-0.1, -0.05) is 59.6 Å². The maximum absolute atomic E-state index is 14.5. The predicted molar refractivity (Wildman–Crippen MR) is 302 cm³/mol. The fraction of sp³-hybridized carbons (Fsp3) is 0.370.